The Balaban J connectivity index is 1.74. The van der Waals surface area contributed by atoms with Crippen molar-refractivity contribution < 1.29 is 4.74 Å². The molecule has 3 heteroatoms. The first kappa shape index (κ1) is 12.4. The second-order valence-electron chi connectivity index (χ2n) is 4.54. The van der Waals surface area contributed by atoms with Crippen LogP contribution in [0.15, 0.2) is 30.3 Å². The third kappa shape index (κ3) is 3.72. The molecule has 1 aliphatic heterocycles. The summed E-state index contributed by atoms with van der Waals surface area (Å²) in [6, 6.07) is 11.3. The zero-order valence-corrected chi connectivity index (χ0v) is 10.6. The van der Waals surface area contributed by atoms with Crippen molar-refractivity contribution in [1.29, 1.82) is 0 Å². The maximum absolute atomic E-state index is 5.05. The predicted octanol–water partition coefficient (Wildman–Crippen LogP) is 1.89. The molecule has 1 heterocycles. The Hall–Kier alpha value is -1.06. The summed E-state index contributed by atoms with van der Waals surface area (Å²) in [5.41, 5.74) is 1.35. The zero-order chi connectivity index (χ0) is 11.9. The normalized spacial score (nSPS) is 17.4. The lowest BCUT2D eigenvalue weighted by Gasteiger charge is -2.34. The van der Waals surface area contributed by atoms with Gasteiger partial charge in [-0.1, -0.05) is 18.2 Å². The highest BCUT2D eigenvalue weighted by Crippen LogP contribution is 2.19. The first-order chi connectivity index (χ1) is 8.40. The Morgan fingerprint density at radius 2 is 1.94 bits per heavy atom. The highest BCUT2D eigenvalue weighted by Gasteiger charge is 2.18. The number of nitrogens with zero attached hydrogens (tertiary/aromatic N) is 1. The third-order valence-corrected chi connectivity index (χ3v) is 3.36. The van der Waals surface area contributed by atoms with Gasteiger partial charge in [-0.3, -0.25) is 0 Å². The number of ether oxygens (including phenoxy) is 1. The van der Waals surface area contributed by atoms with Crippen LogP contribution in [0.5, 0.6) is 0 Å². The molecule has 0 aliphatic carbocycles. The van der Waals surface area contributed by atoms with E-state index in [9.17, 15) is 0 Å². The molecule has 0 radical (unpaired) electrons. The standard InChI is InChI=1S/C14H22N2O/c1-17-12-9-15-13-7-10-16(11-8-13)14-5-3-2-4-6-14/h2-6,13,15H,7-12H2,1H3. The molecule has 0 amide bonds. The number of benzene rings is 1. The largest absolute Gasteiger partial charge is 0.383 e. The van der Waals surface area contributed by atoms with E-state index in [0.29, 0.717) is 6.04 Å². The minimum absolute atomic E-state index is 0.658. The van der Waals surface area contributed by atoms with Gasteiger partial charge in [0, 0.05) is 38.5 Å². The molecule has 1 N–H and O–H groups in total. The number of rotatable bonds is 5. The average Bonchev–Trinajstić information content (AvgIpc) is 2.41. The number of anilines is 1. The van der Waals surface area contributed by atoms with Crippen LogP contribution >= 0.6 is 0 Å². The zero-order valence-electron chi connectivity index (χ0n) is 10.6. The average molecular weight is 234 g/mol. The summed E-state index contributed by atoms with van der Waals surface area (Å²) in [5.74, 6) is 0. The third-order valence-electron chi connectivity index (χ3n) is 3.36. The molecule has 17 heavy (non-hydrogen) atoms. The first-order valence-corrected chi connectivity index (χ1v) is 6.42. The number of methoxy groups -OCH3 is 1. The van der Waals surface area contributed by atoms with Crippen molar-refractivity contribution in [3.63, 3.8) is 0 Å². The van der Waals surface area contributed by atoms with Gasteiger partial charge in [-0.25, -0.2) is 0 Å². The van der Waals surface area contributed by atoms with E-state index in [4.69, 9.17) is 4.74 Å². The van der Waals surface area contributed by atoms with Crippen molar-refractivity contribution in [3.8, 4) is 0 Å². The Labute approximate surface area is 104 Å². The molecule has 0 aromatic heterocycles. The molecule has 1 aliphatic rings. The molecule has 0 saturated carbocycles. The predicted molar refractivity (Wildman–Crippen MR) is 71.6 cm³/mol. The van der Waals surface area contributed by atoms with Crippen LogP contribution in [0, 0.1) is 0 Å². The summed E-state index contributed by atoms with van der Waals surface area (Å²) in [6.07, 6.45) is 2.44. The quantitative estimate of drug-likeness (QED) is 0.787. The lowest BCUT2D eigenvalue weighted by Crippen LogP contribution is -2.43. The van der Waals surface area contributed by atoms with Crippen LogP contribution in [0.1, 0.15) is 12.8 Å². The fraction of sp³-hybridized carbons (Fsp3) is 0.571. The van der Waals surface area contributed by atoms with Crippen molar-refractivity contribution in [2.75, 3.05) is 38.3 Å². The van der Waals surface area contributed by atoms with E-state index in [2.05, 4.69) is 40.5 Å². The summed E-state index contributed by atoms with van der Waals surface area (Å²) in [6.45, 7) is 4.06. The summed E-state index contributed by atoms with van der Waals surface area (Å²) >= 11 is 0. The van der Waals surface area contributed by atoms with Crippen LogP contribution in [0.2, 0.25) is 0 Å². The van der Waals surface area contributed by atoms with Crippen molar-refractivity contribution in [3.05, 3.63) is 30.3 Å². The smallest absolute Gasteiger partial charge is 0.0587 e. The Morgan fingerprint density at radius 3 is 2.59 bits per heavy atom. The summed E-state index contributed by atoms with van der Waals surface area (Å²) in [4.78, 5) is 2.47. The van der Waals surface area contributed by atoms with Gasteiger partial charge in [-0.15, -0.1) is 0 Å². The maximum atomic E-state index is 5.05. The molecule has 0 atom stereocenters. The maximum Gasteiger partial charge on any atom is 0.0587 e. The fourth-order valence-corrected chi connectivity index (χ4v) is 2.35. The second kappa shape index (κ2) is 6.62. The van der Waals surface area contributed by atoms with E-state index in [1.807, 2.05) is 0 Å². The van der Waals surface area contributed by atoms with Crippen LogP contribution in [-0.4, -0.2) is 39.4 Å². The molecule has 1 aromatic carbocycles. The molecule has 2 rings (SSSR count). The van der Waals surface area contributed by atoms with Gasteiger partial charge >= 0.3 is 0 Å². The van der Waals surface area contributed by atoms with Gasteiger partial charge in [0.15, 0.2) is 0 Å². The minimum atomic E-state index is 0.658. The summed E-state index contributed by atoms with van der Waals surface area (Å²) < 4.78 is 5.05. The SMILES string of the molecule is COCCNC1CCN(c2ccccc2)CC1. The van der Waals surface area contributed by atoms with Crippen LogP contribution < -0.4 is 10.2 Å². The Kier molecular flexibility index (Phi) is 4.83. The van der Waals surface area contributed by atoms with Crippen molar-refractivity contribution >= 4 is 5.69 Å². The van der Waals surface area contributed by atoms with Crippen LogP contribution in [-0.2, 0) is 4.74 Å². The topological polar surface area (TPSA) is 24.5 Å². The van der Waals surface area contributed by atoms with E-state index in [1.165, 1.54) is 18.5 Å². The van der Waals surface area contributed by atoms with Crippen LogP contribution in [0.4, 0.5) is 5.69 Å². The van der Waals surface area contributed by atoms with Gasteiger partial charge < -0.3 is 15.0 Å². The molecule has 0 spiro atoms. The molecule has 1 saturated heterocycles. The van der Waals surface area contributed by atoms with Gasteiger partial charge in [-0.2, -0.15) is 0 Å². The number of para-hydroxylation sites is 1. The highest BCUT2D eigenvalue weighted by molar-refractivity contribution is 5.46. The molecule has 1 aromatic rings. The van der Waals surface area contributed by atoms with Gasteiger partial charge in [0.25, 0.3) is 0 Å². The van der Waals surface area contributed by atoms with E-state index in [0.717, 1.165) is 26.2 Å². The fourth-order valence-electron chi connectivity index (χ4n) is 2.35. The number of hydrogen-bond acceptors (Lipinski definition) is 3. The second-order valence-corrected chi connectivity index (χ2v) is 4.54. The minimum Gasteiger partial charge on any atom is -0.383 e. The van der Waals surface area contributed by atoms with E-state index >= 15 is 0 Å². The Bertz CT molecular complexity index is 307. The van der Waals surface area contributed by atoms with Crippen LogP contribution in [0.25, 0.3) is 0 Å². The molecule has 94 valence electrons. The molecular formula is C14H22N2O. The Morgan fingerprint density at radius 1 is 1.24 bits per heavy atom. The summed E-state index contributed by atoms with van der Waals surface area (Å²) in [7, 11) is 1.75. The monoisotopic (exact) mass is 234 g/mol. The number of piperidine rings is 1. The van der Waals surface area contributed by atoms with Crippen molar-refractivity contribution in [2.45, 2.75) is 18.9 Å². The molecule has 0 unspecified atom stereocenters. The van der Waals surface area contributed by atoms with Crippen molar-refractivity contribution in [2.24, 2.45) is 0 Å². The summed E-state index contributed by atoms with van der Waals surface area (Å²) in [5, 5.41) is 3.54. The van der Waals surface area contributed by atoms with Gasteiger partial charge in [0.2, 0.25) is 0 Å². The van der Waals surface area contributed by atoms with Crippen molar-refractivity contribution in [1.82, 2.24) is 5.32 Å². The van der Waals surface area contributed by atoms with E-state index in [-0.39, 0.29) is 0 Å². The molecule has 1 fully saturated rings. The van der Waals surface area contributed by atoms with Gasteiger partial charge in [-0.05, 0) is 25.0 Å². The van der Waals surface area contributed by atoms with Crippen LogP contribution in [0.3, 0.4) is 0 Å². The number of hydrogen-bond donors (Lipinski definition) is 1. The van der Waals surface area contributed by atoms with Gasteiger partial charge in [0.05, 0.1) is 6.61 Å². The highest BCUT2D eigenvalue weighted by atomic mass is 16.5. The number of nitrogens with one attached hydrogen (secondary N) is 1. The molecule has 0 bridgehead atoms. The van der Waals surface area contributed by atoms with E-state index < -0.39 is 0 Å². The lowest BCUT2D eigenvalue weighted by atomic mass is 10.0. The van der Waals surface area contributed by atoms with E-state index in [1.54, 1.807) is 7.11 Å². The molecule has 3 nitrogen and oxygen atoms in total. The first-order valence-electron chi connectivity index (χ1n) is 6.42. The lowest BCUT2D eigenvalue weighted by molar-refractivity contribution is 0.193. The van der Waals surface area contributed by atoms with Gasteiger partial charge in [0.1, 0.15) is 0 Å². The molecular weight excluding hydrogens is 212 g/mol.